The second-order valence-corrected chi connectivity index (χ2v) is 4.88. The number of ether oxygens (including phenoxy) is 1. The summed E-state index contributed by atoms with van der Waals surface area (Å²) in [5, 5.41) is 0. The third-order valence-electron chi connectivity index (χ3n) is 2.20. The Morgan fingerprint density at radius 1 is 1.00 bits per heavy atom. The average Bonchev–Trinajstić information content (AvgIpc) is 2.34. The van der Waals surface area contributed by atoms with Crippen LogP contribution in [-0.4, -0.2) is 5.97 Å². The van der Waals surface area contributed by atoms with E-state index in [-0.39, 0.29) is 5.97 Å². The first-order chi connectivity index (χ1) is 8.63. The van der Waals surface area contributed by atoms with Crippen LogP contribution in [-0.2, 0) is 4.79 Å². The number of nitrogens with two attached hydrogens (primary N) is 1. The summed E-state index contributed by atoms with van der Waals surface area (Å²) in [7, 11) is 0. The summed E-state index contributed by atoms with van der Waals surface area (Å²) in [5.74, 6) is 0.248. The summed E-state index contributed by atoms with van der Waals surface area (Å²) in [6.45, 7) is 1.39. The van der Waals surface area contributed by atoms with Gasteiger partial charge in [0.05, 0.1) is 0 Å². The Kier molecular flexibility index (Phi) is 3.89. The monoisotopic (exact) mass is 259 g/mol. The maximum Gasteiger partial charge on any atom is 0.308 e. The van der Waals surface area contributed by atoms with E-state index in [0.717, 1.165) is 15.5 Å². The maximum absolute atomic E-state index is 10.8. The van der Waals surface area contributed by atoms with E-state index in [4.69, 9.17) is 10.5 Å². The number of rotatable bonds is 3. The summed E-state index contributed by atoms with van der Waals surface area (Å²) >= 11 is 1.63. The van der Waals surface area contributed by atoms with E-state index in [2.05, 4.69) is 0 Å². The first-order valence-electron chi connectivity index (χ1n) is 5.45. The quantitative estimate of drug-likeness (QED) is 0.522. The zero-order valence-electron chi connectivity index (χ0n) is 9.92. The first-order valence-corrected chi connectivity index (χ1v) is 6.27. The standard InChI is InChI=1S/C14H13NO2S/c1-10(16)17-12-4-8-14(9-5-12)18-13-6-2-11(15)3-7-13/h2-9H,15H2,1H3. The molecular weight excluding hydrogens is 246 g/mol. The van der Waals surface area contributed by atoms with Gasteiger partial charge in [0.15, 0.2) is 0 Å². The molecule has 3 nitrogen and oxygen atoms in total. The van der Waals surface area contributed by atoms with Crippen LogP contribution in [0.4, 0.5) is 5.69 Å². The molecule has 0 spiro atoms. The molecule has 0 aliphatic carbocycles. The molecule has 2 aromatic rings. The molecule has 0 aliphatic rings. The van der Waals surface area contributed by atoms with E-state index < -0.39 is 0 Å². The van der Waals surface area contributed by atoms with E-state index in [0.29, 0.717) is 5.75 Å². The number of esters is 1. The number of carbonyl (C=O) groups excluding carboxylic acids is 1. The lowest BCUT2D eigenvalue weighted by Gasteiger charge is -2.04. The fraction of sp³-hybridized carbons (Fsp3) is 0.0714. The molecule has 2 N–H and O–H groups in total. The van der Waals surface area contributed by atoms with Gasteiger partial charge in [0.2, 0.25) is 0 Å². The smallest absolute Gasteiger partial charge is 0.308 e. The van der Waals surface area contributed by atoms with Crippen LogP contribution < -0.4 is 10.5 Å². The zero-order valence-corrected chi connectivity index (χ0v) is 10.7. The third-order valence-corrected chi connectivity index (χ3v) is 3.22. The lowest BCUT2D eigenvalue weighted by Crippen LogP contribution is -2.00. The Labute approximate surface area is 110 Å². The van der Waals surface area contributed by atoms with Crippen LogP contribution in [0.5, 0.6) is 5.75 Å². The first kappa shape index (κ1) is 12.5. The number of nitrogen functional groups attached to an aromatic ring is 1. The van der Waals surface area contributed by atoms with Crippen molar-refractivity contribution in [2.45, 2.75) is 16.7 Å². The highest BCUT2D eigenvalue weighted by Gasteiger charge is 2.00. The fourth-order valence-corrected chi connectivity index (χ4v) is 2.23. The van der Waals surface area contributed by atoms with Crippen LogP contribution >= 0.6 is 11.8 Å². The molecule has 0 bridgehead atoms. The Balaban J connectivity index is 2.06. The molecule has 0 atom stereocenters. The highest BCUT2D eigenvalue weighted by molar-refractivity contribution is 7.99. The van der Waals surface area contributed by atoms with E-state index in [1.807, 2.05) is 36.4 Å². The van der Waals surface area contributed by atoms with Gasteiger partial charge in [-0.05, 0) is 48.5 Å². The molecule has 0 saturated carbocycles. The Morgan fingerprint density at radius 3 is 2.00 bits per heavy atom. The molecule has 0 fully saturated rings. The van der Waals surface area contributed by atoms with E-state index in [1.54, 1.807) is 23.9 Å². The van der Waals surface area contributed by atoms with Gasteiger partial charge in [-0.1, -0.05) is 11.8 Å². The van der Waals surface area contributed by atoms with Gasteiger partial charge in [-0.3, -0.25) is 4.79 Å². The molecule has 0 saturated heterocycles. The van der Waals surface area contributed by atoms with Crippen LogP contribution in [0.25, 0.3) is 0 Å². The lowest BCUT2D eigenvalue weighted by molar-refractivity contribution is -0.131. The number of hydrogen-bond donors (Lipinski definition) is 1. The molecule has 0 aromatic heterocycles. The van der Waals surface area contributed by atoms with Crippen molar-refractivity contribution in [3.8, 4) is 5.75 Å². The summed E-state index contributed by atoms with van der Waals surface area (Å²) in [5.41, 5.74) is 6.38. The minimum atomic E-state index is -0.311. The third kappa shape index (κ3) is 3.53. The van der Waals surface area contributed by atoms with Crippen molar-refractivity contribution in [2.24, 2.45) is 0 Å². The minimum absolute atomic E-state index is 0.311. The lowest BCUT2D eigenvalue weighted by atomic mass is 10.3. The molecule has 0 aliphatic heterocycles. The number of benzene rings is 2. The van der Waals surface area contributed by atoms with Crippen LogP contribution in [0, 0.1) is 0 Å². The van der Waals surface area contributed by atoms with Crippen molar-refractivity contribution >= 4 is 23.4 Å². The Morgan fingerprint density at radius 2 is 1.50 bits per heavy atom. The average molecular weight is 259 g/mol. The van der Waals surface area contributed by atoms with Gasteiger partial charge >= 0.3 is 5.97 Å². The number of carbonyl (C=O) groups is 1. The van der Waals surface area contributed by atoms with Gasteiger partial charge in [-0.2, -0.15) is 0 Å². The molecule has 0 unspecified atom stereocenters. The highest BCUT2D eigenvalue weighted by atomic mass is 32.2. The van der Waals surface area contributed by atoms with Crippen molar-refractivity contribution < 1.29 is 9.53 Å². The van der Waals surface area contributed by atoms with Gasteiger partial charge in [-0.25, -0.2) is 0 Å². The number of anilines is 1. The van der Waals surface area contributed by atoms with E-state index in [9.17, 15) is 4.79 Å². The highest BCUT2D eigenvalue weighted by Crippen LogP contribution is 2.29. The van der Waals surface area contributed by atoms with Gasteiger partial charge in [0.25, 0.3) is 0 Å². The largest absolute Gasteiger partial charge is 0.427 e. The summed E-state index contributed by atoms with van der Waals surface area (Å²) in [6.07, 6.45) is 0. The van der Waals surface area contributed by atoms with Crippen molar-refractivity contribution in [1.29, 1.82) is 0 Å². The normalized spacial score (nSPS) is 10.1. The zero-order chi connectivity index (χ0) is 13.0. The van der Waals surface area contributed by atoms with Gasteiger partial charge in [-0.15, -0.1) is 0 Å². The predicted octanol–water partition coefficient (Wildman–Crippen LogP) is 3.35. The topological polar surface area (TPSA) is 52.3 Å². The summed E-state index contributed by atoms with van der Waals surface area (Å²) < 4.78 is 4.97. The Bertz CT molecular complexity index is 535. The molecule has 2 rings (SSSR count). The molecule has 0 heterocycles. The van der Waals surface area contributed by atoms with Crippen LogP contribution in [0.15, 0.2) is 58.3 Å². The minimum Gasteiger partial charge on any atom is -0.427 e. The molecular formula is C14H13NO2S. The van der Waals surface area contributed by atoms with Crippen LogP contribution in [0.2, 0.25) is 0 Å². The predicted molar refractivity (Wildman–Crippen MR) is 72.7 cm³/mol. The van der Waals surface area contributed by atoms with Gasteiger partial charge in [0, 0.05) is 22.4 Å². The fourth-order valence-electron chi connectivity index (χ4n) is 1.41. The molecule has 0 radical (unpaired) electrons. The molecule has 0 amide bonds. The van der Waals surface area contributed by atoms with Crippen molar-refractivity contribution in [3.05, 3.63) is 48.5 Å². The molecule has 92 valence electrons. The van der Waals surface area contributed by atoms with E-state index in [1.165, 1.54) is 6.92 Å². The summed E-state index contributed by atoms with van der Waals surface area (Å²) in [6, 6.07) is 15.1. The van der Waals surface area contributed by atoms with Gasteiger partial charge in [0.1, 0.15) is 5.75 Å². The second kappa shape index (κ2) is 5.60. The summed E-state index contributed by atoms with van der Waals surface area (Å²) in [4.78, 5) is 13.0. The number of hydrogen-bond acceptors (Lipinski definition) is 4. The van der Waals surface area contributed by atoms with Crippen molar-refractivity contribution in [3.63, 3.8) is 0 Å². The molecule has 4 heteroatoms. The van der Waals surface area contributed by atoms with E-state index >= 15 is 0 Å². The second-order valence-electron chi connectivity index (χ2n) is 3.74. The Hall–Kier alpha value is -1.94. The molecule has 18 heavy (non-hydrogen) atoms. The van der Waals surface area contributed by atoms with Gasteiger partial charge < -0.3 is 10.5 Å². The van der Waals surface area contributed by atoms with Crippen LogP contribution in [0.3, 0.4) is 0 Å². The van der Waals surface area contributed by atoms with Crippen molar-refractivity contribution in [2.75, 3.05) is 5.73 Å². The molecule has 2 aromatic carbocycles. The maximum atomic E-state index is 10.8. The SMILES string of the molecule is CC(=O)Oc1ccc(Sc2ccc(N)cc2)cc1. The van der Waals surface area contributed by atoms with Crippen molar-refractivity contribution in [1.82, 2.24) is 0 Å². The van der Waals surface area contributed by atoms with Crippen LogP contribution in [0.1, 0.15) is 6.92 Å².